The highest BCUT2D eigenvalue weighted by Gasteiger charge is 2.30. The topological polar surface area (TPSA) is 29.9 Å². The van der Waals surface area contributed by atoms with Gasteiger partial charge in [-0.3, -0.25) is 0 Å². The van der Waals surface area contributed by atoms with E-state index in [9.17, 15) is 0 Å². The molecule has 1 unspecified atom stereocenters. The maximum Gasteiger partial charge on any atom is 0.0951 e. The van der Waals surface area contributed by atoms with Crippen LogP contribution in [0.2, 0.25) is 0 Å². The van der Waals surface area contributed by atoms with Crippen molar-refractivity contribution >= 4 is 0 Å². The zero-order valence-corrected chi connectivity index (χ0v) is 9.95. The lowest BCUT2D eigenvalue weighted by molar-refractivity contribution is 0.412. The van der Waals surface area contributed by atoms with E-state index in [1.54, 1.807) is 0 Å². The van der Waals surface area contributed by atoms with Crippen molar-refractivity contribution in [2.24, 2.45) is 5.92 Å². The number of nitrogens with zero attached hydrogens (tertiary/aromatic N) is 2. The van der Waals surface area contributed by atoms with E-state index in [0.29, 0.717) is 6.04 Å². The molecule has 1 aromatic heterocycles. The summed E-state index contributed by atoms with van der Waals surface area (Å²) in [4.78, 5) is 4.34. The fraction of sp³-hybridized carbons (Fsp3) is 0.750. The van der Waals surface area contributed by atoms with Crippen LogP contribution in [0.4, 0.5) is 0 Å². The summed E-state index contributed by atoms with van der Waals surface area (Å²) in [6.07, 6.45) is 4.76. The van der Waals surface area contributed by atoms with E-state index in [2.05, 4.69) is 35.6 Å². The first-order valence-corrected chi connectivity index (χ1v) is 5.94. The lowest BCUT2D eigenvalue weighted by atomic mass is 10.2. The number of aromatic nitrogens is 2. The van der Waals surface area contributed by atoms with Gasteiger partial charge in [0, 0.05) is 18.3 Å². The highest BCUT2D eigenvalue weighted by molar-refractivity contribution is 5.09. The number of aryl methyl sites for hydroxylation is 1. The van der Waals surface area contributed by atoms with Gasteiger partial charge in [0.05, 0.1) is 12.0 Å². The summed E-state index contributed by atoms with van der Waals surface area (Å²) in [6, 6.07) is 0.641. The van der Waals surface area contributed by atoms with Gasteiger partial charge in [-0.1, -0.05) is 6.92 Å². The molecular formula is C12H21N3. The SMILES string of the molecule is CCNC(Cn1cnc(C)c1C)C1CC1. The molecule has 1 aliphatic carbocycles. The molecular weight excluding hydrogens is 186 g/mol. The van der Waals surface area contributed by atoms with Crippen LogP contribution in [0.25, 0.3) is 0 Å². The first-order chi connectivity index (χ1) is 7.22. The molecule has 1 N–H and O–H groups in total. The van der Waals surface area contributed by atoms with Crippen molar-refractivity contribution in [3.05, 3.63) is 17.7 Å². The van der Waals surface area contributed by atoms with Crippen molar-refractivity contribution in [1.29, 1.82) is 0 Å². The van der Waals surface area contributed by atoms with E-state index in [4.69, 9.17) is 0 Å². The van der Waals surface area contributed by atoms with Gasteiger partial charge in [0.15, 0.2) is 0 Å². The van der Waals surface area contributed by atoms with Gasteiger partial charge in [-0.05, 0) is 39.2 Å². The Bertz CT molecular complexity index is 326. The molecule has 0 amide bonds. The number of rotatable bonds is 5. The van der Waals surface area contributed by atoms with Crippen LogP contribution in [0, 0.1) is 19.8 Å². The molecule has 0 aromatic carbocycles. The molecule has 3 nitrogen and oxygen atoms in total. The molecule has 0 radical (unpaired) electrons. The van der Waals surface area contributed by atoms with Crippen LogP contribution in [-0.4, -0.2) is 22.1 Å². The fourth-order valence-corrected chi connectivity index (χ4v) is 2.08. The molecule has 15 heavy (non-hydrogen) atoms. The van der Waals surface area contributed by atoms with Gasteiger partial charge in [0.2, 0.25) is 0 Å². The van der Waals surface area contributed by atoms with Gasteiger partial charge in [-0.15, -0.1) is 0 Å². The molecule has 2 rings (SSSR count). The lowest BCUT2D eigenvalue weighted by Crippen LogP contribution is -2.35. The second-order valence-electron chi connectivity index (χ2n) is 4.57. The van der Waals surface area contributed by atoms with Crippen molar-refractivity contribution in [2.75, 3.05) is 6.54 Å². The Morgan fingerprint density at radius 2 is 2.27 bits per heavy atom. The lowest BCUT2D eigenvalue weighted by Gasteiger charge is -2.18. The minimum absolute atomic E-state index is 0.641. The monoisotopic (exact) mass is 207 g/mol. The maximum absolute atomic E-state index is 4.34. The maximum atomic E-state index is 4.34. The number of nitrogens with one attached hydrogen (secondary N) is 1. The van der Waals surface area contributed by atoms with Gasteiger partial charge >= 0.3 is 0 Å². The molecule has 0 aliphatic heterocycles. The Morgan fingerprint density at radius 3 is 2.73 bits per heavy atom. The van der Waals surface area contributed by atoms with Crippen LogP contribution in [0.5, 0.6) is 0 Å². The Labute approximate surface area is 91.9 Å². The summed E-state index contributed by atoms with van der Waals surface area (Å²) in [5.41, 5.74) is 2.46. The smallest absolute Gasteiger partial charge is 0.0951 e. The molecule has 0 saturated heterocycles. The zero-order valence-electron chi connectivity index (χ0n) is 9.95. The molecule has 0 bridgehead atoms. The predicted octanol–water partition coefficient (Wildman–Crippen LogP) is 1.89. The second-order valence-corrected chi connectivity index (χ2v) is 4.57. The van der Waals surface area contributed by atoms with Gasteiger partial charge < -0.3 is 9.88 Å². The third-order valence-electron chi connectivity index (χ3n) is 3.40. The highest BCUT2D eigenvalue weighted by Crippen LogP contribution is 2.33. The van der Waals surface area contributed by atoms with Crippen LogP contribution in [-0.2, 0) is 6.54 Å². The molecule has 1 saturated carbocycles. The summed E-state index contributed by atoms with van der Waals surface area (Å²) in [6.45, 7) is 8.55. The van der Waals surface area contributed by atoms with Crippen LogP contribution in [0.1, 0.15) is 31.2 Å². The molecule has 1 aromatic rings. The Kier molecular flexibility index (Phi) is 3.10. The number of imidazole rings is 1. The van der Waals surface area contributed by atoms with Crippen molar-refractivity contribution in [3.63, 3.8) is 0 Å². The zero-order chi connectivity index (χ0) is 10.8. The quantitative estimate of drug-likeness (QED) is 0.799. The standard InChI is InChI=1S/C12H21N3/c1-4-13-12(11-5-6-11)7-15-8-14-9(2)10(15)3/h8,11-13H,4-7H2,1-3H3. The van der Waals surface area contributed by atoms with Crippen molar-refractivity contribution in [1.82, 2.24) is 14.9 Å². The van der Waals surface area contributed by atoms with Crippen molar-refractivity contribution in [2.45, 2.75) is 46.2 Å². The van der Waals surface area contributed by atoms with Crippen molar-refractivity contribution in [3.8, 4) is 0 Å². The summed E-state index contributed by atoms with van der Waals surface area (Å²) < 4.78 is 2.28. The summed E-state index contributed by atoms with van der Waals surface area (Å²) in [7, 11) is 0. The molecule has 0 spiro atoms. The third kappa shape index (κ3) is 2.40. The summed E-state index contributed by atoms with van der Waals surface area (Å²) >= 11 is 0. The molecule has 1 heterocycles. The molecule has 84 valence electrons. The molecule has 1 atom stereocenters. The molecule has 3 heteroatoms. The Balaban J connectivity index is 2.01. The van der Waals surface area contributed by atoms with E-state index >= 15 is 0 Å². The predicted molar refractivity (Wildman–Crippen MR) is 61.9 cm³/mol. The first-order valence-electron chi connectivity index (χ1n) is 5.94. The number of likely N-dealkylation sites (N-methyl/N-ethyl adjacent to an activating group) is 1. The second kappa shape index (κ2) is 4.35. The average Bonchev–Trinajstić information content (AvgIpc) is 3.00. The van der Waals surface area contributed by atoms with Crippen LogP contribution in [0.3, 0.4) is 0 Å². The molecule has 1 aliphatic rings. The Hall–Kier alpha value is -0.830. The first kappa shape index (κ1) is 10.7. The van der Waals surface area contributed by atoms with E-state index in [0.717, 1.165) is 24.7 Å². The number of hydrogen-bond acceptors (Lipinski definition) is 2. The van der Waals surface area contributed by atoms with Crippen LogP contribution < -0.4 is 5.32 Å². The van der Waals surface area contributed by atoms with Gasteiger partial charge in [0.25, 0.3) is 0 Å². The fourth-order valence-electron chi connectivity index (χ4n) is 2.08. The third-order valence-corrected chi connectivity index (χ3v) is 3.40. The highest BCUT2D eigenvalue weighted by atomic mass is 15.1. The van der Waals surface area contributed by atoms with Gasteiger partial charge in [-0.2, -0.15) is 0 Å². The van der Waals surface area contributed by atoms with Gasteiger partial charge in [-0.25, -0.2) is 4.98 Å². The minimum atomic E-state index is 0.641. The van der Waals surface area contributed by atoms with E-state index < -0.39 is 0 Å². The normalized spacial score (nSPS) is 18.1. The van der Waals surface area contributed by atoms with Crippen LogP contribution in [0.15, 0.2) is 6.33 Å². The average molecular weight is 207 g/mol. The largest absolute Gasteiger partial charge is 0.333 e. The van der Waals surface area contributed by atoms with E-state index in [-0.39, 0.29) is 0 Å². The molecule has 1 fully saturated rings. The van der Waals surface area contributed by atoms with E-state index in [1.165, 1.54) is 18.5 Å². The van der Waals surface area contributed by atoms with Crippen molar-refractivity contribution < 1.29 is 0 Å². The van der Waals surface area contributed by atoms with Gasteiger partial charge in [0.1, 0.15) is 0 Å². The number of hydrogen-bond donors (Lipinski definition) is 1. The summed E-state index contributed by atoms with van der Waals surface area (Å²) in [5.74, 6) is 0.895. The Morgan fingerprint density at radius 1 is 1.53 bits per heavy atom. The van der Waals surface area contributed by atoms with Crippen LogP contribution >= 0.6 is 0 Å². The van der Waals surface area contributed by atoms with E-state index in [1.807, 2.05) is 6.33 Å². The summed E-state index contributed by atoms with van der Waals surface area (Å²) in [5, 5.41) is 3.58. The minimum Gasteiger partial charge on any atom is -0.333 e.